The largest absolute Gasteiger partial charge is 0.313 e. The summed E-state index contributed by atoms with van der Waals surface area (Å²) in [5, 5.41) is 7.97. The fraction of sp³-hybridized carbons (Fsp3) is 0.800. The molecule has 0 amide bonds. The fourth-order valence-corrected chi connectivity index (χ4v) is 6.03. The molecule has 1 saturated heterocycles. The van der Waals surface area contributed by atoms with Crippen molar-refractivity contribution in [2.45, 2.75) is 51.6 Å². The van der Waals surface area contributed by atoms with Gasteiger partial charge in [-0.1, -0.05) is 13.8 Å². The predicted octanol–water partition coefficient (Wildman–Crippen LogP) is 1.65. The van der Waals surface area contributed by atoms with E-state index in [4.69, 9.17) is 0 Å². The minimum absolute atomic E-state index is 0.201. The number of hydrogen-bond acceptors (Lipinski definition) is 4. The highest BCUT2D eigenvalue weighted by Crippen LogP contribution is 2.43. The van der Waals surface area contributed by atoms with E-state index in [-0.39, 0.29) is 16.9 Å². The number of sulfone groups is 1. The minimum atomic E-state index is -2.93. The Kier molecular flexibility index (Phi) is 3.26. The molecule has 1 aromatic heterocycles. The molecular weight excluding hydrogens is 286 g/mol. The molecule has 2 aliphatic rings. The Labute approximate surface area is 127 Å². The second-order valence-corrected chi connectivity index (χ2v) is 9.87. The number of nitrogens with zero attached hydrogens (tertiary/aromatic N) is 2. The van der Waals surface area contributed by atoms with Gasteiger partial charge in [-0.05, 0) is 38.6 Å². The van der Waals surface area contributed by atoms with Gasteiger partial charge in [-0.25, -0.2) is 8.42 Å². The van der Waals surface area contributed by atoms with Crippen molar-refractivity contribution in [3.8, 4) is 0 Å². The van der Waals surface area contributed by atoms with Crippen LogP contribution in [-0.2, 0) is 21.8 Å². The van der Waals surface area contributed by atoms with Crippen molar-refractivity contribution in [2.75, 3.05) is 18.6 Å². The molecule has 1 aliphatic heterocycles. The molecule has 0 radical (unpaired) electrons. The van der Waals surface area contributed by atoms with Crippen molar-refractivity contribution in [2.24, 2.45) is 5.41 Å². The summed E-state index contributed by atoms with van der Waals surface area (Å²) in [6.07, 6.45) is 4.63. The van der Waals surface area contributed by atoms with Gasteiger partial charge in [0, 0.05) is 17.3 Å². The SMILES string of the molecule is CNC1CC(C)(C)Cc2c1cnn2C1(C)CCS(=O)(=O)C1. The molecule has 2 unspecified atom stereocenters. The maximum Gasteiger partial charge on any atom is 0.152 e. The number of rotatable bonds is 2. The molecule has 1 aliphatic carbocycles. The molecule has 2 atom stereocenters. The molecule has 118 valence electrons. The lowest BCUT2D eigenvalue weighted by Crippen LogP contribution is -2.38. The molecular formula is C15H25N3O2S. The van der Waals surface area contributed by atoms with Crippen molar-refractivity contribution >= 4 is 9.84 Å². The number of aromatic nitrogens is 2. The van der Waals surface area contributed by atoms with Crippen LogP contribution >= 0.6 is 0 Å². The first-order chi connectivity index (χ1) is 9.66. The van der Waals surface area contributed by atoms with E-state index < -0.39 is 15.4 Å². The summed E-state index contributed by atoms with van der Waals surface area (Å²) in [6, 6.07) is 0.305. The molecule has 1 N–H and O–H groups in total. The van der Waals surface area contributed by atoms with Gasteiger partial charge in [0.2, 0.25) is 0 Å². The molecule has 0 bridgehead atoms. The van der Waals surface area contributed by atoms with Crippen LogP contribution in [0.4, 0.5) is 0 Å². The van der Waals surface area contributed by atoms with Crippen molar-refractivity contribution in [3.63, 3.8) is 0 Å². The van der Waals surface area contributed by atoms with E-state index in [0.717, 1.165) is 12.8 Å². The first-order valence-corrected chi connectivity index (χ1v) is 9.43. The zero-order valence-electron chi connectivity index (χ0n) is 13.3. The molecule has 1 aromatic rings. The topological polar surface area (TPSA) is 64.0 Å². The van der Waals surface area contributed by atoms with Crippen LogP contribution in [0.15, 0.2) is 6.20 Å². The summed E-state index contributed by atoms with van der Waals surface area (Å²) >= 11 is 0. The van der Waals surface area contributed by atoms with Crippen molar-refractivity contribution in [3.05, 3.63) is 17.5 Å². The summed E-state index contributed by atoms with van der Waals surface area (Å²) in [6.45, 7) is 6.57. The average Bonchev–Trinajstić information content (AvgIpc) is 2.89. The summed E-state index contributed by atoms with van der Waals surface area (Å²) in [4.78, 5) is 0. The van der Waals surface area contributed by atoms with Crippen LogP contribution in [0.25, 0.3) is 0 Å². The van der Waals surface area contributed by atoms with E-state index in [0.29, 0.717) is 12.5 Å². The van der Waals surface area contributed by atoms with Crippen LogP contribution in [0, 0.1) is 5.41 Å². The third kappa shape index (κ3) is 2.52. The molecule has 5 nitrogen and oxygen atoms in total. The standard InChI is InChI=1S/C15H25N3O2S/c1-14(2)7-12(16-4)11-9-17-18(13(11)8-14)15(3)5-6-21(19,20)10-15/h9,12,16H,5-8,10H2,1-4H3. The normalized spacial score (nSPS) is 33.8. The van der Waals surface area contributed by atoms with Gasteiger partial charge in [-0.2, -0.15) is 5.10 Å². The summed E-state index contributed by atoms with van der Waals surface area (Å²) in [5.74, 6) is 0.482. The van der Waals surface area contributed by atoms with E-state index in [9.17, 15) is 8.42 Å². The quantitative estimate of drug-likeness (QED) is 0.902. The Hall–Kier alpha value is -0.880. The number of fused-ring (bicyclic) bond motifs is 1. The van der Waals surface area contributed by atoms with Crippen LogP contribution < -0.4 is 5.32 Å². The molecule has 1 fully saturated rings. The Morgan fingerprint density at radius 1 is 1.38 bits per heavy atom. The maximum absolute atomic E-state index is 11.9. The van der Waals surface area contributed by atoms with Gasteiger partial charge in [0.05, 0.1) is 23.2 Å². The molecule has 21 heavy (non-hydrogen) atoms. The summed E-state index contributed by atoms with van der Waals surface area (Å²) < 4.78 is 25.8. The van der Waals surface area contributed by atoms with Gasteiger partial charge in [0.25, 0.3) is 0 Å². The first-order valence-electron chi connectivity index (χ1n) is 7.61. The summed E-state index contributed by atoms with van der Waals surface area (Å²) in [7, 11) is -0.950. The van der Waals surface area contributed by atoms with Gasteiger partial charge in [-0.15, -0.1) is 0 Å². The Bertz CT molecular complexity index is 662. The molecule has 2 heterocycles. The lowest BCUT2D eigenvalue weighted by atomic mass is 9.74. The van der Waals surface area contributed by atoms with Crippen molar-refractivity contribution in [1.82, 2.24) is 15.1 Å². The monoisotopic (exact) mass is 311 g/mol. The van der Waals surface area contributed by atoms with E-state index >= 15 is 0 Å². The van der Waals surface area contributed by atoms with E-state index in [1.54, 1.807) is 0 Å². The molecule has 0 spiro atoms. The van der Waals surface area contributed by atoms with Crippen molar-refractivity contribution in [1.29, 1.82) is 0 Å². The molecule has 6 heteroatoms. The predicted molar refractivity (Wildman–Crippen MR) is 83.0 cm³/mol. The van der Waals surface area contributed by atoms with E-state index in [1.165, 1.54) is 11.3 Å². The second-order valence-electron chi connectivity index (χ2n) is 7.68. The third-order valence-electron chi connectivity index (χ3n) is 5.02. The fourth-order valence-electron chi connectivity index (χ4n) is 3.93. The van der Waals surface area contributed by atoms with Crippen LogP contribution in [0.5, 0.6) is 0 Å². The van der Waals surface area contributed by atoms with Crippen LogP contribution in [0.3, 0.4) is 0 Å². The maximum atomic E-state index is 11.9. The highest BCUT2D eigenvalue weighted by Gasteiger charge is 2.44. The van der Waals surface area contributed by atoms with Gasteiger partial charge >= 0.3 is 0 Å². The lowest BCUT2D eigenvalue weighted by molar-refractivity contribution is 0.239. The second kappa shape index (κ2) is 4.56. The zero-order valence-corrected chi connectivity index (χ0v) is 14.1. The van der Waals surface area contributed by atoms with Crippen LogP contribution in [0.1, 0.15) is 50.9 Å². The van der Waals surface area contributed by atoms with Gasteiger partial charge in [0.15, 0.2) is 9.84 Å². The Morgan fingerprint density at radius 3 is 2.67 bits per heavy atom. The lowest BCUT2D eigenvalue weighted by Gasteiger charge is -2.37. The zero-order chi connectivity index (χ0) is 15.5. The Balaban J connectivity index is 2.06. The number of hydrogen-bond donors (Lipinski definition) is 1. The highest BCUT2D eigenvalue weighted by molar-refractivity contribution is 7.91. The molecule has 3 rings (SSSR count). The van der Waals surface area contributed by atoms with E-state index in [2.05, 4.69) is 24.3 Å². The van der Waals surface area contributed by atoms with Crippen molar-refractivity contribution < 1.29 is 8.42 Å². The first kappa shape index (κ1) is 15.0. The Morgan fingerprint density at radius 2 is 2.10 bits per heavy atom. The van der Waals surface area contributed by atoms with Crippen LogP contribution in [-0.4, -0.2) is 36.8 Å². The minimum Gasteiger partial charge on any atom is -0.313 e. The highest BCUT2D eigenvalue weighted by atomic mass is 32.2. The average molecular weight is 311 g/mol. The van der Waals surface area contributed by atoms with Gasteiger partial charge in [-0.3, -0.25) is 4.68 Å². The van der Waals surface area contributed by atoms with Gasteiger partial charge in [0.1, 0.15) is 0 Å². The molecule has 0 saturated carbocycles. The smallest absolute Gasteiger partial charge is 0.152 e. The number of nitrogens with one attached hydrogen (secondary N) is 1. The molecule has 0 aromatic carbocycles. The van der Waals surface area contributed by atoms with Crippen LogP contribution in [0.2, 0.25) is 0 Å². The summed E-state index contributed by atoms with van der Waals surface area (Å²) in [5.41, 5.74) is 2.26. The third-order valence-corrected chi connectivity index (χ3v) is 6.91. The van der Waals surface area contributed by atoms with Gasteiger partial charge < -0.3 is 5.32 Å². The van der Waals surface area contributed by atoms with E-state index in [1.807, 2.05) is 24.9 Å².